The Balaban J connectivity index is 1.95. The van der Waals surface area contributed by atoms with Crippen LogP contribution in [0, 0.1) is 12.8 Å². The Labute approximate surface area is 128 Å². The summed E-state index contributed by atoms with van der Waals surface area (Å²) in [4.78, 5) is 13.8. The maximum absolute atomic E-state index is 12.2. The first-order valence-electron chi connectivity index (χ1n) is 6.93. The summed E-state index contributed by atoms with van der Waals surface area (Å²) in [6, 6.07) is 5.69. The van der Waals surface area contributed by atoms with Crippen LogP contribution in [0.2, 0.25) is 0 Å². The number of carbonyl (C=O) groups is 1. The number of anilines is 1. The van der Waals surface area contributed by atoms with Gasteiger partial charge in [-0.05, 0) is 53.4 Å². The molecule has 1 aliphatic carbocycles. The standard InChI is InChI=1S/C15H21BrN2O2/c1-10-6-7-12(16)13(8-10)17-15(20)18(2)9-11-4-3-5-14(11)19/h6-8,11,14,19H,3-5,9H2,1-2H3,(H,17,20). The van der Waals surface area contributed by atoms with Crippen LogP contribution in [0.25, 0.3) is 0 Å². The van der Waals surface area contributed by atoms with Crippen molar-refractivity contribution in [2.45, 2.75) is 32.3 Å². The minimum Gasteiger partial charge on any atom is -0.393 e. The van der Waals surface area contributed by atoms with E-state index in [1.165, 1.54) is 0 Å². The maximum Gasteiger partial charge on any atom is 0.321 e. The molecule has 1 aromatic rings. The molecule has 110 valence electrons. The van der Waals surface area contributed by atoms with E-state index in [4.69, 9.17) is 0 Å². The van der Waals surface area contributed by atoms with Gasteiger partial charge in [0.25, 0.3) is 0 Å². The molecule has 2 amide bonds. The van der Waals surface area contributed by atoms with Crippen molar-refractivity contribution in [1.29, 1.82) is 0 Å². The van der Waals surface area contributed by atoms with E-state index in [-0.39, 0.29) is 18.1 Å². The molecule has 2 N–H and O–H groups in total. The number of hydrogen-bond donors (Lipinski definition) is 2. The lowest BCUT2D eigenvalue weighted by atomic mass is 10.1. The minimum atomic E-state index is -0.268. The highest BCUT2D eigenvalue weighted by Gasteiger charge is 2.27. The average Bonchev–Trinajstić information content (AvgIpc) is 2.79. The molecule has 4 nitrogen and oxygen atoms in total. The van der Waals surface area contributed by atoms with Gasteiger partial charge in [0.1, 0.15) is 0 Å². The number of nitrogens with one attached hydrogen (secondary N) is 1. The molecule has 0 saturated heterocycles. The summed E-state index contributed by atoms with van der Waals surface area (Å²) >= 11 is 3.43. The van der Waals surface area contributed by atoms with Crippen molar-refractivity contribution < 1.29 is 9.90 Å². The number of rotatable bonds is 3. The van der Waals surface area contributed by atoms with Gasteiger partial charge in [0.15, 0.2) is 0 Å². The lowest BCUT2D eigenvalue weighted by Gasteiger charge is -2.24. The van der Waals surface area contributed by atoms with E-state index in [0.29, 0.717) is 6.54 Å². The van der Waals surface area contributed by atoms with Crippen LogP contribution < -0.4 is 5.32 Å². The van der Waals surface area contributed by atoms with Crippen molar-refractivity contribution in [3.05, 3.63) is 28.2 Å². The molecule has 1 aromatic carbocycles. The molecule has 1 fully saturated rings. The lowest BCUT2D eigenvalue weighted by Crippen LogP contribution is -2.37. The van der Waals surface area contributed by atoms with E-state index >= 15 is 0 Å². The normalized spacial score (nSPS) is 21.8. The first-order valence-corrected chi connectivity index (χ1v) is 7.73. The highest BCUT2D eigenvalue weighted by atomic mass is 79.9. The fraction of sp³-hybridized carbons (Fsp3) is 0.533. The van der Waals surface area contributed by atoms with E-state index < -0.39 is 0 Å². The Kier molecular flexibility index (Phi) is 5.05. The van der Waals surface area contributed by atoms with E-state index in [1.54, 1.807) is 11.9 Å². The summed E-state index contributed by atoms with van der Waals surface area (Å²) in [6.45, 7) is 2.58. The smallest absolute Gasteiger partial charge is 0.321 e. The second-order valence-corrected chi connectivity index (χ2v) is 6.41. The molecule has 0 spiro atoms. The summed E-state index contributed by atoms with van der Waals surface area (Å²) in [5.74, 6) is 0.201. The van der Waals surface area contributed by atoms with Gasteiger partial charge in [0, 0.05) is 24.0 Å². The molecular weight excluding hydrogens is 320 g/mol. The number of hydrogen-bond acceptors (Lipinski definition) is 2. The van der Waals surface area contributed by atoms with Crippen LogP contribution >= 0.6 is 15.9 Å². The zero-order valence-corrected chi connectivity index (χ0v) is 13.5. The van der Waals surface area contributed by atoms with Gasteiger partial charge in [-0.25, -0.2) is 4.79 Å². The van der Waals surface area contributed by atoms with Crippen LogP contribution in [0.3, 0.4) is 0 Å². The van der Waals surface area contributed by atoms with Gasteiger partial charge in [0.2, 0.25) is 0 Å². The largest absolute Gasteiger partial charge is 0.393 e. The van der Waals surface area contributed by atoms with Gasteiger partial charge < -0.3 is 15.3 Å². The summed E-state index contributed by atoms with van der Waals surface area (Å²) in [6.07, 6.45) is 2.62. The third kappa shape index (κ3) is 3.73. The van der Waals surface area contributed by atoms with Crippen molar-refractivity contribution in [3.8, 4) is 0 Å². The number of urea groups is 1. The van der Waals surface area contributed by atoms with E-state index in [0.717, 1.165) is 35.0 Å². The highest BCUT2D eigenvalue weighted by molar-refractivity contribution is 9.10. The summed E-state index contributed by atoms with van der Waals surface area (Å²) < 4.78 is 0.866. The SMILES string of the molecule is Cc1ccc(Br)c(NC(=O)N(C)CC2CCCC2O)c1. The second-order valence-electron chi connectivity index (χ2n) is 5.55. The van der Waals surface area contributed by atoms with Gasteiger partial charge in [-0.15, -0.1) is 0 Å². The van der Waals surface area contributed by atoms with Gasteiger partial charge in [-0.2, -0.15) is 0 Å². The monoisotopic (exact) mass is 340 g/mol. The summed E-state index contributed by atoms with van der Waals surface area (Å²) in [7, 11) is 1.77. The Morgan fingerprint density at radius 2 is 2.25 bits per heavy atom. The first-order chi connectivity index (χ1) is 9.47. The molecule has 0 aliphatic heterocycles. The third-order valence-corrected chi connectivity index (χ3v) is 4.53. The number of halogens is 1. The summed E-state index contributed by atoms with van der Waals surface area (Å²) in [5, 5.41) is 12.7. The van der Waals surface area contributed by atoms with Gasteiger partial charge >= 0.3 is 6.03 Å². The molecule has 2 rings (SSSR count). The molecule has 2 atom stereocenters. The molecule has 0 aromatic heterocycles. The van der Waals surface area contributed by atoms with Crippen molar-refractivity contribution in [2.75, 3.05) is 18.9 Å². The second kappa shape index (κ2) is 6.59. The van der Waals surface area contributed by atoms with Crippen molar-refractivity contribution in [1.82, 2.24) is 4.90 Å². The molecule has 0 heterocycles. The minimum absolute atomic E-state index is 0.143. The zero-order valence-electron chi connectivity index (χ0n) is 11.9. The van der Waals surface area contributed by atoms with Crippen LogP contribution in [-0.2, 0) is 0 Å². The number of aliphatic hydroxyl groups is 1. The topological polar surface area (TPSA) is 52.6 Å². The lowest BCUT2D eigenvalue weighted by molar-refractivity contribution is 0.116. The Bertz CT molecular complexity index is 493. The van der Waals surface area contributed by atoms with Gasteiger partial charge in [0.05, 0.1) is 11.8 Å². The number of aryl methyl sites for hydroxylation is 1. The predicted octanol–water partition coefficient (Wildman–Crippen LogP) is 3.38. The molecule has 5 heteroatoms. The zero-order chi connectivity index (χ0) is 14.7. The van der Waals surface area contributed by atoms with E-state index in [2.05, 4.69) is 21.2 Å². The first kappa shape index (κ1) is 15.3. The van der Waals surface area contributed by atoms with Gasteiger partial charge in [-0.3, -0.25) is 0 Å². The van der Waals surface area contributed by atoms with Crippen LogP contribution in [0.4, 0.5) is 10.5 Å². The fourth-order valence-electron chi connectivity index (χ4n) is 2.61. The van der Waals surface area contributed by atoms with E-state index in [1.807, 2.05) is 25.1 Å². The molecule has 20 heavy (non-hydrogen) atoms. The molecule has 1 saturated carbocycles. The van der Waals surface area contributed by atoms with Crippen molar-refractivity contribution in [2.24, 2.45) is 5.92 Å². The van der Waals surface area contributed by atoms with Crippen LogP contribution in [0.15, 0.2) is 22.7 Å². The maximum atomic E-state index is 12.2. The highest BCUT2D eigenvalue weighted by Crippen LogP contribution is 2.27. The Hall–Kier alpha value is -1.07. The van der Waals surface area contributed by atoms with Crippen molar-refractivity contribution in [3.63, 3.8) is 0 Å². The van der Waals surface area contributed by atoms with E-state index in [9.17, 15) is 9.90 Å². The molecule has 0 bridgehead atoms. The van der Waals surface area contributed by atoms with Crippen LogP contribution in [0.1, 0.15) is 24.8 Å². The Morgan fingerprint density at radius 1 is 1.50 bits per heavy atom. The average molecular weight is 341 g/mol. The molecule has 0 radical (unpaired) electrons. The molecule has 2 unspecified atom stereocenters. The van der Waals surface area contributed by atoms with Gasteiger partial charge in [-0.1, -0.05) is 12.5 Å². The quantitative estimate of drug-likeness (QED) is 0.886. The third-order valence-electron chi connectivity index (χ3n) is 3.84. The number of benzene rings is 1. The molecule has 1 aliphatic rings. The summed E-state index contributed by atoms with van der Waals surface area (Å²) in [5.41, 5.74) is 1.87. The Morgan fingerprint density at radius 3 is 2.90 bits per heavy atom. The number of nitrogens with zero attached hydrogens (tertiary/aromatic N) is 1. The fourth-order valence-corrected chi connectivity index (χ4v) is 2.96. The van der Waals surface area contributed by atoms with Crippen LogP contribution in [-0.4, -0.2) is 35.7 Å². The van der Waals surface area contributed by atoms with Crippen LogP contribution in [0.5, 0.6) is 0 Å². The number of carbonyl (C=O) groups excluding carboxylic acids is 1. The number of aliphatic hydroxyl groups excluding tert-OH is 1. The van der Waals surface area contributed by atoms with Crippen molar-refractivity contribution >= 4 is 27.6 Å². The predicted molar refractivity (Wildman–Crippen MR) is 83.9 cm³/mol. The number of amides is 2. The molecular formula is C15H21BrN2O2.